The smallest absolute Gasteiger partial charge is 0.312 e. The molecule has 0 aliphatic heterocycles. The number of H-pyrrole nitrogens is 1. The highest BCUT2D eigenvalue weighted by molar-refractivity contribution is 9.10. The molecule has 0 radical (unpaired) electrons. The third-order valence-corrected chi connectivity index (χ3v) is 3.11. The first-order valence-corrected chi connectivity index (χ1v) is 6.18. The van der Waals surface area contributed by atoms with Gasteiger partial charge >= 0.3 is 5.69 Å². The molecular weight excluding hydrogens is 348 g/mol. The lowest BCUT2D eigenvalue weighted by molar-refractivity contribution is -0.385. The summed E-state index contributed by atoms with van der Waals surface area (Å²) in [4.78, 5) is 38.7. The van der Waals surface area contributed by atoms with Gasteiger partial charge in [-0.3, -0.25) is 19.7 Å². The average Bonchev–Trinajstić information content (AvgIpc) is 2.43. The van der Waals surface area contributed by atoms with E-state index in [0.717, 1.165) is 12.4 Å². The summed E-state index contributed by atoms with van der Waals surface area (Å²) < 4.78 is 5.23. The number of nitro benzene ring substituents is 1. The molecule has 0 saturated heterocycles. The topological polar surface area (TPSA) is 141 Å². The Balaban J connectivity index is 2.49. The van der Waals surface area contributed by atoms with Gasteiger partial charge in [-0.2, -0.15) is 0 Å². The van der Waals surface area contributed by atoms with Crippen LogP contribution in [0.5, 0.6) is 11.6 Å². The van der Waals surface area contributed by atoms with Crippen LogP contribution in [0.2, 0.25) is 0 Å². The van der Waals surface area contributed by atoms with Gasteiger partial charge in [-0.1, -0.05) is 0 Å². The molecule has 9 nitrogen and oxygen atoms in total. The van der Waals surface area contributed by atoms with E-state index in [-0.39, 0.29) is 21.7 Å². The van der Waals surface area contributed by atoms with Crippen LogP contribution in [0.15, 0.2) is 33.8 Å². The minimum Gasteiger partial charge on any atom is -0.430 e. The van der Waals surface area contributed by atoms with Gasteiger partial charge in [0.05, 0.1) is 11.3 Å². The minimum absolute atomic E-state index is 0.0155. The van der Waals surface area contributed by atoms with Gasteiger partial charge in [-0.15, -0.1) is 0 Å². The van der Waals surface area contributed by atoms with Gasteiger partial charge in [-0.05, 0) is 28.1 Å². The lowest BCUT2D eigenvalue weighted by Crippen LogP contribution is -2.11. The Morgan fingerprint density at radius 2 is 2.19 bits per heavy atom. The Kier molecular flexibility index (Phi) is 3.98. The van der Waals surface area contributed by atoms with Gasteiger partial charge in [0.1, 0.15) is 4.47 Å². The van der Waals surface area contributed by atoms with E-state index in [4.69, 9.17) is 10.5 Å². The van der Waals surface area contributed by atoms with E-state index >= 15 is 0 Å². The van der Waals surface area contributed by atoms with Crippen molar-refractivity contribution in [2.45, 2.75) is 0 Å². The molecule has 1 aromatic carbocycles. The van der Waals surface area contributed by atoms with Crippen molar-refractivity contribution in [2.75, 3.05) is 0 Å². The maximum atomic E-state index is 11.4. The highest BCUT2D eigenvalue weighted by Gasteiger charge is 2.20. The lowest BCUT2D eigenvalue weighted by Gasteiger charge is -2.07. The first-order chi connectivity index (χ1) is 9.90. The molecule has 0 spiro atoms. The van der Waals surface area contributed by atoms with Crippen molar-refractivity contribution in [3.63, 3.8) is 0 Å². The molecule has 0 atom stereocenters. The summed E-state index contributed by atoms with van der Waals surface area (Å²) in [6.07, 6.45) is 1.09. The van der Waals surface area contributed by atoms with Crippen LogP contribution in [-0.2, 0) is 0 Å². The number of ether oxygens (including phenoxy) is 1. The van der Waals surface area contributed by atoms with Crippen molar-refractivity contribution in [2.24, 2.45) is 5.73 Å². The molecule has 2 rings (SSSR count). The fourth-order valence-electron chi connectivity index (χ4n) is 1.44. The number of amides is 1. The largest absolute Gasteiger partial charge is 0.430 e. The van der Waals surface area contributed by atoms with Crippen molar-refractivity contribution >= 4 is 27.5 Å². The number of carbonyl (C=O) groups excluding carboxylic acids is 1. The Morgan fingerprint density at radius 3 is 2.81 bits per heavy atom. The van der Waals surface area contributed by atoms with E-state index in [2.05, 4.69) is 25.9 Å². The molecule has 1 heterocycles. The molecule has 10 heteroatoms. The second kappa shape index (κ2) is 5.71. The van der Waals surface area contributed by atoms with Gasteiger partial charge in [0, 0.05) is 11.6 Å². The van der Waals surface area contributed by atoms with E-state index < -0.39 is 22.1 Å². The zero-order chi connectivity index (χ0) is 15.6. The predicted molar refractivity (Wildman–Crippen MR) is 74.2 cm³/mol. The monoisotopic (exact) mass is 354 g/mol. The number of carbonyl (C=O) groups is 1. The molecule has 0 saturated carbocycles. The first kappa shape index (κ1) is 14.7. The third-order valence-electron chi connectivity index (χ3n) is 2.41. The number of aromatic amines is 1. The van der Waals surface area contributed by atoms with Crippen LogP contribution < -0.4 is 16.0 Å². The van der Waals surface area contributed by atoms with Crippen molar-refractivity contribution in [1.29, 1.82) is 0 Å². The SMILES string of the molecule is NC(=O)c1ccc(Oc2nc[nH]c(=O)c2Br)c([N+](=O)[O-])c1. The van der Waals surface area contributed by atoms with Crippen LogP contribution in [0, 0.1) is 10.1 Å². The highest BCUT2D eigenvalue weighted by atomic mass is 79.9. The van der Waals surface area contributed by atoms with E-state index in [1.165, 1.54) is 12.1 Å². The van der Waals surface area contributed by atoms with Crippen molar-refractivity contribution in [1.82, 2.24) is 9.97 Å². The standard InChI is InChI=1S/C11H7BrN4O5/c12-8-10(18)14-4-15-11(8)21-7-2-1-5(9(13)17)3-6(7)16(19)20/h1-4H,(H2,13,17)(H,14,15,18). The van der Waals surface area contributed by atoms with Crippen LogP contribution in [0.25, 0.3) is 0 Å². The summed E-state index contributed by atoms with van der Waals surface area (Å²) in [5.74, 6) is -1.13. The predicted octanol–water partition coefficient (Wildman–Crippen LogP) is 1.33. The molecule has 3 N–H and O–H groups in total. The van der Waals surface area contributed by atoms with Crippen LogP contribution in [0.3, 0.4) is 0 Å². The van der Waals surface area contributed by atoms with Gasteiger partial charge in [0.25, 0.3) is 5.56 Å². The van der Waals surface area contributed by atoms with Crippen LogP contribution >= 0.6 is 15.9 Å². The molecule has 1 amide bonds. The summed E-state index contributed by atoms with van der Waals surface area (Å²) in [6.45, 7) is 0. The number of aromatic nitrogens is 2. The number of benzene rings is 1. The Bertz CT molecular complexity index is 788. The molecule has 2 aromatic rings. The Labute approximate surface area is 125 Å². The van der Waals surface area contributed by atoms with Crippen LogP contribution in [0.1, 0.15) is 10.4 Å². The first-order valence-electron chi connectivity index (χ1n) is 5.39. The molecule has 1 aromatic heterocycles. The van der Waals surface area contributed by atoms with Crippen LogP contribution in [0.4, 0.5) is 5.69 Å². The zero-order valence-corrected chi connectivity index (χ0v) is 11.8. The summed E-state index contributed by atoms with van der Waals surface area (Å²) in [5, 5.41) is 11.0. The molecule has 21 heavy (non-hydrogen) atoms. The van der Waals surface area contributed by atoms with Crippen molar-refractivity contribution in [3.8, 4) is 11.6 Å². The number of nitrogens with two attached hydrogens (primary N) is 1. The molecule has 0 fully saturated rings. The molecular formula is C11H7BrN4O5. The number of nitro groups is 1. The van der Waals surface area contributed by atoms with E-state index in [9.17, 15) is 19.7 Å². The molecule has 108 valence electrons. The van der Waals surface area contributed by atoms with Crippen molar-refractivity contribution in [3.05, 3.63) is 55.0 Å². The average molecular weight is 355 g/mol. The quantitative estimate of drug-likeness (QED) is 0.626. The van der Waals surface area contributed by atoms with E-state index in [1.54, 1.807) is 0 Å². The number of halogens is 1. The van der Waals surface area contributed by atoms with Gasteiger partial charge in [-0.25, -0.2) is 4.98 Å². The molecule has 0 aliphatic carbocycles. The van der Waals surface area contributed by atoms with E-state index in [1.807, 2.05) is 0 Å². The lowest BCUT2D eigenvalue weighted by atomic mass is 10.2. The van der Waals surface area contributed by atoms with Gasteiger partial charge in [0.2, 0.25) is 17.5 Å². The minimum atomic E-state index is -0.805. The van der Waals surface area contributed by atoms with Gasteiger partial charge in [0.15, 0.2) is 0 Å². The number of hydrogen-bond donors (Lipinski definition) is 2. The second-order valence-electron chi connectivity index (χ2n) is 3.76. The molecule has 0 unspecified atom stereocenters. The number of primary amides is 1. The van der Waals surface area contributed by atoms with Gasteiger partial charge < -0.3 is 15.5 Å². The number of rotatable bonds is 4. The number of hydrogen-bond acceptors (Lipinski definition) is 6. The fraction of sp³-hybridized carbons (Fsp3) is 0. The summed E-state index contributed by atoms with van der Waals surface area (Å²) >= 11 is 2.96. The normalized spacial score (nSPS) is 10.1. The number of nitrogens with one attached hydrogen (secondary N) is 1. The maximum Gasteiger partial charge on any atom is 0.312 e. The zero-order valence-electron chi connectivity index (χ0n) is 10.2. The Hall–Kier alpha value is -2.75. The maximum absolute atomic E-state index is 11.4. The van der Waals surface area contributed by atoms with Crippen molar-refractivity contribution < 1.29 is 14.5 Å². The summed E-state index contributed by atoms with van der Waals surface area (Å²) in [6, 6.07) is 3.46. The van der Waals surface area contributed by atoms with E-state index in [0.29, 0.717) is 0 Å². The molecule has 0 aliphatic rings. The third kappa shape index (κ3) is 3.05. The Morgan fingerprint density at radius 1 is 1.48 bits per heavy atom. The van der Waals surface area contributed by atoms with Crippen LogP contribution in [-0.4, -0.2) is 20.8 Å². The summed E-state index contributed by atoms with van der Waals surface area (Å²) in [5.41, 5.74) is 4.05. The second-order valence-corrected chi connectivity index (χ2v) is 4.55. The fourth-order valence-corrected chi connectivity index (χ4v) is 1.74. The summed E-state index contributed by atoms with van der Waals surface area (Å²) in [7, 11) is 0. The molecule has 0 bridgehead atoms. The highest BCUT2D eigenvalue weighted by Crippen LogP contribution is 2.33. The number of nitrogens with zero attached hydrogens (tertiary/aromatic N) is 2.